The molecule has 0 saturated carbocycles. The summed E-state index contributed by atoms with van der Waals surface area (Å²) in [5.74, 6) is 0.780. The number of rotatable bonds is 5. The van der Waals surface area contributed by atoms with Crippen LogP contribution in [0.25, 0.3) is 11.1 Å². The van der Waals surface area contributed by atoms with Crippen LogP contribution in [0, 0.1) is 0 Å². The van der Waals surface area contributed by atoms with E-state index in [1.54, 1.807) is 7.11 Å². The summed E-state index contributed by atoms with van der Waals surface area (Å²) in [7, 11) is 5.60. The number of benzene rings is 2. The van der Waals surface area contributed by atoms with Gasteiger partial charge in [-0.25, -0.2) is 4.79 Å². The summed E-state index contributed by atoms with van der Waals surface area (Å²) in [5.41, 5.74) is 2.59. The van der Waals surface area contributed by atoms with Gasteiger partial charge >= 0.3 is 6.03 Å². The molecule has 1 atom stereocenters. The van der Waals surface area contributed by atoms with Crippen LogP contribution in [-0.2, 0) is 0 Å². The Balaban J connectivity index is 1.72. The average Bonchev–Trinajstić information content (AvgIpc) is 2.75. The van der Waals surface area contributed by atoms with Gasteiger partial charge in [0.05, 0.1) is 23.2 Å². The number of nitrogens with zero attached hydrogens (tertiary/aromatic N) is 2. The van der Waals surface area contributed by atoms with Gasteiger partial charge in [-0.15, -0.1) is 0 Å². The molecule has 5 nitrogen and oxygen atoms in total. The van der Waals surface area contributed by atoms with Crippen LogP contribution in [0.3, 0.4) is 0 Å². The molecule has 1 saturated heterocycles. The quantitative estimate of drug-likeness (QED) is 0.658. The highest BCUT2D eigenvalue weighted by Crippen LogP contribution is 2.38. The second-order valence-corrected chi connectivity index (χ2v) is 8.63. The average molecular weight is 450 g/mol. The van der Waals surface area contributed by atoms with E-state index in [-0.39, 0.29) is 18.1 Å². The fourth-order valence-corrected chi connectivity index (χ4v) is 4.41. The minimum absolute atomic E-state index is 0.0940. The first kappa shape index (κ1) is 22.7. The Labute approximate surface area is 188 Å². The Morgan fingerprint density at radius 1 is 1.13 bits per heavy atom. The van der Waals surface area contributed by atoms with Gasteiger partial charge in [0, 0.05) is 18.7 Å². The van der Waals surface area contributed by atoms with Gasteiger partial charge in [0.15, 0.2) is 0 Å². The number of carbonyl (C=O) groups is 1. The normalized spacial score (nSPS) is 16.2. The number of ether oxygens (including phenoxy) is 1. The second kappa shape index (κ2) is 9.90. The molecule has 2 aromatic rings. The first-order valence-corrected chi connectivity index (χ1v) is 10.9. The van der Waals surface area contributed by atoms with Crippen LogP contribution in [0.15, 0.2) is 36.4 Å². The Hall–Kier alpha value is -1.95. The van der Waals surface area contributed by atoms with Crippen molar-refractivity contribution in [2.75, 3.05) is 34.3 Å². The Kier molecular flexibility index (Phi) is 7.50. The molecule has 0 radical (unpaired) electrons. The molecule has 0 aromatic heterocycles. The summed E-state index contributed by atoms with van der Waals surface area (Å²) in [6, 6.07) is 11.4. The number of nitrogens with one attached hydrogen (secondary N) is 1. The van der Waals surface area contributed by atoms with Crippen molar-refractivity contribution >= 4 is 29.2 Å². The van der Waals surface area contributed by atoms with Crippen LogP contribution in [0.1, 0.15) is 31.4 Å². The molecule has 7 heteroatoms. The molecule has 0 spiro atoms. The monoisotopic (exact) mass is 449 g/mol. The van der Waals surface area contributed by atoms with Crippen molar-refractivity contribution < 1.29 is 9.53 Å². The van der Waals surface area contributed by atoms with E-state index in [0.717, 1.165) is 48.4 Å². The molecular weight excluding hydrogens is 421 g/mol. The van der Waals surface area contributed by atoms with Crippen molar-refractivity contribution in [3.05, 3.63) is 52.0 Å². The van der Waals surface area contributed by atoms with E-state index < -0.39 is 0 Å². The first-order chi connectivity index (χ1) is 14.3. The molecule has 2 aromatic carbocycles. The third-order valence-corrected chi connectivity index (χ3v) is 6.77. The predicted molar refractivity (Wildman–Crippen MR) is 124 cm³/mol. The van der Waals surface area contributed by atoms with Crippen LogP contribution in [0.2, 0.25) is 10.0 Å². The number of hydrogen-bond acceptors (Lipinski definition) is 3. The maximum Gasteiger partial charge on any atom is 0.317 e. The lowest BCUT2D eigenvalue weighted by Crippen LogP contribution is -2.48. The van der Waals surface area contributed by atoms with Crippen molar-refractivity contribution in [3.8, 4) is 16.9 Å². The number of carbonyl (C=O) groups excluding carboxylic acids is 1. The number of halogens is 2. The number of urea groups is 1. The van der Waals surface area contributed by atoms with E-state index in [0.29, 0.717) is 10.0 Å². The zero-order valence-corrected chi connectivity index (χ0v) is 19.4. The van der Waals surface area contributed by atoms with E-state index in [2.05, 4.69) is 17.3 Å². The van der Waals surface area contributed by atoms with Crippen molar-refractivity contribution in [1.29, 1.82) is 0 Å². The molecule has 1 heterocycles. The molecule has 2 amide bonds. The van der Waals surface area contributed by atoms with Gasteiger partial charge in [0.2, 0.25) is 0 Å². The Bertz CT molecular complexity index is 881. The van der Waals surface area contributed by atoms with Crippen LogP contribution < -0.4 is 10.1 Å². The van der Waals surface area contributed by atoms with Crippen LogP contribution in [0.4, 0.5) is 4.79 Å². The summed E-state index contributed by atoms with van der Waals surface area (Å²) >= 11 is 13.2. The van der Waals surface area contributed by atoms with E-state index in [1.165, 1.54) is 0 Å². The third kappa shape index (κ3) is 5.02. The molecular formula is C23H29Cl2N3O2. The number of hydrogen-bond donors (Lipinski definition) is 1. The fraction of sp³-hybridized carbons (Fsp3) is 0.435. The molecule has 1 N–H and O–H groups in total. The Morgan fingerprint density at radius 3 is 2.37 bits per heavy atom. The standard InChI is InChI=1S/C23H29Cl2N3O2/c1-15(26-23(29)28(3)17-11-13-27(2)14-12-17)19-9-10-20(22(25)21(19)24)16-5-7-18(30-4)8-6-16/h5-10,15,17H,11-14H2,1-4H3,(H,26,29). The molecule has 3 rings (SSSR count). The topological polar surface area (TPSA) is 44.8 Å². The summed E-state index contributed by atoms with van der Waals surface area (Å²) < 4.78 is 5.21. The molecule has 1 aliphatic heterocycles. The molecule has 1 fully saturated rings. The van der Waals surface area contributed by atoms with Gasteiger partial charge in [-0.3, -0.25) is 0 Å². The minimum Gasteiger partial charge on any atom is -0.497 e. The van der Waals surface area contributed by atoms with E-state index >= 15 is 0 Å². The van der Waals surface area contributed by atoms with Gasteiger partial charge in [-0.05, 0) is 63.2 Å². The fourth-order valence-electron chi connectivity index (χ4n) is 3.81. The predicted octanol–water partition coefficient (Wildman–Crippen LogP) is 5.47. The maximum atomic E-state index is 12.8. The largest absolute Gasteiger partial charge is 0.497 e. The number of methoxy groups -OCH3 is 1. The van der Waals surface area contributed by atoms with Gasteiger partial charge < -0.3 is 19.9 Å². The summed E-state index contributed by atoms with van der Waals surface area (Å²) in [5, 5.41) is 3.99. The molecule has 162 valence electrons. The highest BCUT2D eigenvalue weighted by molar-refractivity contribution is 6.44. The molecule has 0 bridgehead atoms. The van der Waals surface area contributed by atoms with E-state index in [9.17, 15) is 4.79 Å². The number of amides is 2. The molecule has 1 aliphatic rings. The molecule has 30 heavy (non-hydrogen) atoms. The van der Waals surface area contributed by atoms with Crippen LogP contribution >= 0.6 is 23.2 Å². The summed E-state index contributed by atoms with van der Waals surface area (Å²) in [6.45, 7) is 3.93. The lowest BCUT2D eigenvalue weighted by Gasteiger charge is -2.35. The van der Waals surface area contributed by atoms with E-state index in [1.807, 2.05) is 55.3 Å². The SMILES string of the molecule is COc1ccc(-c2ccc(C(C)NC(=O)N(C)C3CCN(C)CC3)c(Cl)c2Cl)cc1. The second-order valence-electron chi connectivity index (χ2n) is 7.88. The van der Waals surface area contributed by atoms with Crippen molar-refractivity contribution in [1.82, 2.24) is 15.1 Å². The zero-order valence-electron chi connectivity index (χ0n) is 17.9. The minimum atomic E-state index is -0.263. The maximum absolute atomic E-state index is 12.8. The van der Waals surface area contributed by atoms with Gasteiger partial charge in [-0.1, -0.05) is 47.5 Å². The number of likely N-dealkylation sites (tertiary alicyclic amines) is 1. The highest BCUT2D eigenvalue weighted by Gasteiger charge is 2.25. The number of piperidine rings is 1. The van der Waals surface area contributed by atoms with Crippen molar-refractivity contribution in [3.63, 3.8) is 0 Å². The van der Waals surface area contributed by atoms with Crippen LogP contribution in [-0.4, -0.2) is 56.2 Å². The van der Waals surface area contributed by atoms with Gasteiger partial charge in [0.1, 0.15) is 5.75 Å². The van der Waals surface area contributed by atoms with Crippen LogP contribution in [0.5, 0.6) is 5.75 Å². The first-order valence-electron chi connectivity index (χ1n) is 10.2. The third-order valence-electron chi connectivity index (χ3n) is 5.88. The van der Waals surface area contributed by atoms with Gasteiger partial charge in [0.25, 0.3) is 0 Å². The van der Waals surface area contributed by atoms with Crippen molar-refractivity contribution in [2.45, 2.75) is 31.8 Å². The highest BCUT2D eigenvalue weighted by atomic mass is 35.5. The summed E-state index contributed by atoms with van der Waals surface area (Å²) in [6.07, 6.45) is 1.97. The van der Waals surface area contributed by atoms with E-state index in [4.69, 9.17) is 27.9 Å². The lowest BCUT2D eigenvalue weighted by molar-refractivity contribution is 0.146. The van der Waals surface area contributed by atoms with Gasteiger partial charge in [-0.2, -0.15) is 0 Å². The zero-order chi connectivity index (χ0) is 21.8. The molecule has 1 unspecified atom stereocenters. The summed E-state index contributed by atoms with van der Waals surface area (Å²) in [4.78, 5) is 16.9. The van der Waals surface area contributed by atoms with Crippen molar-refractivity contribution in [2.24, 2.45) is 0 Å². The lowest BCUT2D eigenvalue weighted by atomic mass is 10.0. The smallest absolute Gasteiger partial charge is 0.317 e. The molecule has 0 aliphatic carbocycles. The Morgan fingerprint density at radius 2 is 1.77 bits per heavy atom.